The summed E-state index contributed by atoms with van der Waals surface area (Å²) in [7, 11) is 0. The topological polar surface area (TPSA) is 0 Å². The van der Waals surface area contributed by atoms with E-state index in [-0.39, 0.29) is 1.43 Å². The average molecular weight is 306 g/mol. The minimum Gasteiger partial charge on any atom is -1.00 e. The van der Waals surface area contributed by atoms with Crippen molar-refractivity contribution < 1.29 is 34.5 Å². The first-order valence-electron chi connectivity index (χ1n) is 3.69. The molecule has 0 spiro atoms. The fourth-order valence-corrected chi connectivity index (χ4v) is 3.00. The SMILES string of the molecule is C1=CC[C]([Lu+][C]2=CC=CC2)=C1.[H-]. The largest absolute Gasteiger partial charge is 1.00 e. The molecule has 1 heteroatoms. The van der Waals surface area contributed by atoms with Gasteiger partial charge in [0.2, 0.25) is 0 Å². The monoisotopic (exact) mass is 306 g/mol. The van der Waals surface area contributed by atoms with Crippen molar-refractivity contribution in [1.29, 1.82) is 0 Å². The first kappa shape index (κ1) is 7.82. The van der Waals surface area contributed by atoms with Crippen molar-refractivity contribution in [2.75, 3.05) is 0 Å². The third-order valence-corrected chi connectivity index (χ3v) is 3.82. The van der Waals surface area contributed by atoms with Gasteiger partial charge in [-0.2, -0.15) is 0 Å². The Morgan fingerprint density at radius 3 is 1.91 bits per heavy atom. The summed E-state index contributed by atoms with van der Waals surface area (Å²) in [5, 5.41) is 0. The second-order valence-corrected chi connectivity index (χ2v) is 4.94. The Kier molecular flexibility index (Phi) is 2.65. The predicted octanol–water partition coefficient (Wildman–Crippen LogP) is 2.87. The molecule has 0 aromatic carbocycles. The Balaban J connectivity index is 0.000000720. The van der Waals surface area contributed by atoms with Crippen molar-refractivity contribution in [3.8, 4) is 0 Å². The molecule has 0 atom stereocenters. The minimum atomic E-state index is 0. The molecule has 66 valence electrons. The van der Waals surface area contributed by atoms with Crippen molar-refractivity contribution in [3.63, 3.8) is 0 Å². The van der Waals surface area contributed by atoms with E-state index < -0.39 is 0 Å². The van der Waals surface area contributed by atoms with Gasteiger partial charge in [0, 0.05) is 0 Å². The molecule has 0 aliphatic heterocycles. The second kappa shape index (κ2) is 3.73. The van der Waals surface area contributed by atoms with Gasteiger partial charge in [-0.15, -0.1) is 0 Å². The third-order valence-electron chi connectivity index (χ3n) is 1.53. The molecule has 0 radical (unpaired) electrons. The number of hydrogen-bond donors (Lipinski definition) is 0. The molecule has 11 heavy (non-hydrogen) atoms. The van der Waals surface area contributed by atoms with Crippen molar-refractivity contribution in [2.45, 2.75) is 12.8 Å². The van der Waals surface area contributed by atoms with Gasteiger partial charge in [-0.05, 0) is 0 Å². The van der Waals surface area contributed by atoms with Gasteiger partial charge < -0.3 is 1.43 Å². The first-order valence-corrected chi connectivity index (χ1v) is 5.35. The molecule has 2 aliphatic carbocycles. The summed E-state index contributed by atoms with van der Waals surface area (Å²) in [5.41, 5.74) is 0. The molecule has 0 fully saturated rings. The van der Waals surface area contributed by atoms with Crippen LogP contribution in [0.3, 0.4) is 0 Å². The molecule has 0 unspecified atom stereocenters. The zero-order valence-corrected chi connectivity index (χ0v) is 7.79. The Labute approximate surface area is 86.6 Å². The van der Waals surface area contributed by atoms with Crippen molar-refractivity contribution in [1.82, 2.24) is 0 Å². The van der Waals surface area contributed by atoms with E-state index >= 15 is 0 Å². The van der Waals surface area contributed by atoms with Crippen LogP contribution in [-0.4, -0.2) is 0 Å². The maximum absolute atomic E-state index is 2.25. The molecular formula is C10H11Lu. The first-order chi connectivity index (χ1) is 5.45. The fraction of sp³-hybridized carbons (Fsp3) is 0.200. The van der Waals surface area contributed by atoms with Gasteiger partial charge in [0.15, 0.2) is 0 Å². The van der Waals surface area contributed by atoms with Crippen molar-refractivity contribution >= 4 is 0 Å². The summed E-state index contributed by atoms with van der Waals surface area (Å²) in [6.07, 6.45) is 15.7. The maximum Gasteiger partial charge on any atom is -1.00 e. The van der Waals surface area contributed by atoms with E-state index in [0.29, 0.717) is 0 Å². The molecule has 0 nitrogen and oxygen atoms in total. The van der Waals surface area contributed by atoms with Gasteiger partial charge in [-0.1, -0.05) is 0 Å². The average Bonchev–Trinajstić information content (AvgIpc) is 2.60. The zero-order valence-electron chi connectivity index (χ0n) is 7.14. The molecule has 0 aromatic heterocycles. The summed E-state index contributed by atoms with van der Waals surface area (Å²) in [6, 6.07) is 0. The third kappa shape index (κ3) is 2.07. The van der Waals surface area contributed by atoms with Crippen molar-refractivity contribution in [2.24, 2.45) is 0 Å². The van der Waals surface area contributed by atoms with E-state index in [2.05, 4.69) is 36.5 Å². The van der Waals surface area contributed by atoms with E-state index in [1.807, 2.05) is 0 Å². The van der Waals surface area contributed by atoms with Crippen LogP contribution in [0.2, 0.25) is 0 Å². The molecule has 0 amide bonds. The molecule has 2 aliphatic rings. The molecule has 0 N–H and O–H groups in total. The van der Waals surface area contributed by atoms with E-state index in [4.69, 9.17) is 0 Å². The summed E-state index contributed by atoms with van der Waals surface area (Å²) < 4.78 is 3.19. The molecular weight excluding hydrogens is 295 g/mol. The Morgan fingerprint density at radius 2 is 1.55 bits per heavy atom. The zero-order chi connectivity index (χ0) is 7.52. The van der Waals surface area contributed by atoms with E-state index in [0.717, 1.165) is 33.0 Å². The standard InChI is InChI=1S/2C5H5.Lu.H/c2*1-2-4-5-3-1;;/h2*1-3H,4H2;;/q;;+1;-1. The Bertz CT molecular complexity index is 244. The minimum absolute atomic E-state index is 0. The summed E-state index contributed by atoms with van der Waals surface area (Å²) in [5.74, 6) is 0. The summed E-state index contributed by atoms with van der Waals surface area (Å²) >= 11 is 0.815. The Morgan fingerprint density at radius 1 is 1.00 bits per heavy atom. The van der Waals surface area contributed by atoms with Gasteiger partial charge in [0.1, 0.15) is 0 Å². The van der Waals surface area contributed by atoms with Crippen LogP contribution in [-0.2, 0) is 0 Å². The van der Waals surface area contributed by atoms with Gasteiger partial charge in [0.05, 0.1) is 0 Å². The van der Waals surface area contributed by atoms with E-state index in [9.17, 15) is 0 Å². The van der Waals surface area contributed by atoms with Crippen LogP contribution in [0, 0.1) is 33.0 Å². The van der Waals surface area contributed by atoms with Crippen LogP contribution < -0.4 is 0 Å². The van der Waals surface area contributed by atoms with Crippen LogP contribution >= 0.6 is 0 Å². The normalized spacial score (nSPS) is 21.1. The Hall–Kier alpha value is 0.194. The van der Waals surface area contributed by atoms with Crippen LogP contribution in [0.15, 0.2) is 40.0 Å². The maximum atomic E-state index is 2.25. The molecule has 2 rings (SSSR count). The molecule has 0 aromatic rings. The molecule has 0 heterocycles. The van der Waals surface area contributed by atoms with Crippen LogP contribution in [0.4, 0.5) is 0 Å². The molecule has 0 saturated heterocycles. The predicted molar refractivity (Wildman–Crippen MR) is 44.8 cm³/mol. The summed E-state index contributed by atoms with van der Waals surface area (Å²) in [4.78, 5) is 0. The number of allylic oxidation sites excluding steroid dienone is 8. The van der Waals surface area contributed by atoms with Gasteiger partial charge in [-0.3, -0.25) is 0 Å². The number of hydrogen-bond acceptors (Lipinski definition) is 0. The molecule has 0 bridgehead atoms. The quantitative estimate of drug-likeness (QED) is 0.736. The van der Waals surface area contributed by atoms with Gasteiger partial charge in [0.25, 0.3) is 0 Å². The van der Waals surface area contributed by atoms with E-state index in [1.165, 1.54) is 12.8 Å². The summed E-state index contributed by atoms with van der Waals surface area (Å²) in [6.45, 7) is 0. The van der Waals surface area contributed by atoms with Gasteiger partial charge in [-0.25, -0.2) is 0 Å². The van der Waals surface area contributed by atoms with Gasteiger partial charge >= 0.3 is 85.9 Å². The van der Waals surface area contributed by atoms with E-state index in [1.54, 1.807) is 3.59 Å². The number of rotatable bonds is 2. The van der Waals surface area contributed by atoms with Crippen LogP contribution in [0.1, 0.15) is 14.3 Å². The molecule has 0 saturated carbocycles. The van der Waals surface area contributed by atoms with Crippen LogP contribution in [0.25, 0.3) is 0 Å². The fourth-order valence-electron chi connectivity index (χ4n) is 0.993. The van der Waals surface area contributed by atoms with Crippen LogP contribution in [0.5, 0.6) is 0 Å². The second-order valence-electron chi connectivity index (χ2n) is 2.40. The smallest absolute Gasteiger partial charge is 1.00 e. The van der Waals surface area contributed by atoms with Crippen molar-refractivity contribution in [3.05, 3.63) is 40.0 Å².